The van der Waals surface area contributed by atoms with E-state index in [4.69, 9.17) is 0 Å². The van der Waals surface area contributed by atoms with E-state index in [-0.39, 0.29) is 5.91 Å². The van der Waals surface area contributed by atoms with E-state index < -0.39 is 0 Å². The Kier molecular flexibility index (Phi) is 2.60. The summed E-state index contributed by atoms with van der Waals surface area (Å²) in [6.45, 7) is 0. The van der Waals surface area contributed by atoms with Crippen LogP contribution in [0.1, 0.15) is 12.2 Å². The number of hydrogen-bond acceptors (Lipinski definition) is 4. The van der Waals surface area contributed by atoms with Crippen LogP contribution in [-0.2, 0) is 11.2 Å². The predicted octanol–water partition coefficient (Wildman–Crippen LogP) is 1.14. The maximum atomic E-state index is 11.9. The molecule has 0 fully saturated rings. The lowest BCUT2D eigenvalue weighted by atomic mass is 10.2. The third kappa shape index (κ3) is 2.00. The number of nitrogens with one attached hydrogen (secondary N) is 1. The first-order valence-electron chi connectivity index (χ1n) is 5.61. The Hall–Kier alpha value is -2.50. The maximum absolute atomic E-state index is 11.9. The summed E-state index contributed by atoms with van der Waals surface area (Å²) in [5, 5.41) is 5.64. The lowest BCUT2D eigenvalue weighted by molar-refractivity contribution is -0.116. The Morgan fingerprint density at radius 3 is 2.94 bits per heavy atom. The zero-order valence-electron chi connectivity index (χ0n) is 9.58. The summed E-state index contributed by atoms with van der Waals surface area (Å²) >= 11 is 0. The largest absolute Gasteiger partial charge is 0.348 e. The van der Waals surface area contributed by atoms with Gasteiger partial charge in [0, 0.05) is 25.0 Å². The summed E-state index contributed by atoms with van der Waals surface area (Å²) in [5.41, 5.74) is 0.792. The number of rotatable bonds is 3. The number of amides is 1. The summed E-state index contributed by atoms with van der Waals surface area (Å²) < 4.78 is 0. The van der Waals surface area contributed by atoms with Crippen molar-refractivity contribution in [1.82, 2.24) is 15.0 Å². The quantitative estimate of drug-likeness (QED) is 0.875. The van der Waals surface area contributed by atoms with Crippen molar-refractivity contribution in [3.8, 4) is 0 Å². The van der Waals surface area contributed by atoms with Crippen molar-refractivity contribution < 1.29 is 4.79 Å². The summed E-state index contributed by atoms with van der Waals surface area (Å²) in [5.74, 6) is 1.30. The molecule has 6 nitrogen and oxygen atoms in total. The van der Waals surface area contributed by atoms with Gasteiger partial charge in [-0.15, -0.1) is 0 Å². The fourth-order valence-electron chi connectivity index (χ4n) is 1.83. The Morgan fingerprint density at radius 2 is 2.22 bits per heavy atom. The van der Waals surface area contributed by atoms with Gasteiger partial charge in [-0.25, -0.2) is 9.97 Å². The van der Waals surface area contributed by atoms with Crippen LogP contribution in [0.2, 0.25) is 0 Å². The molecule has 2 aromatic rings. The normalized spacial score (nSPS) is 15.0. The van der Waals surface area contributed by atoms with Gasteiger partial charge in [0.2, 0.25) is 0 Å². The molecule has 6 heteroatoms. The van der Waals surface area contributed by atoms with Crippen LogP contribution in [-0.4, -0.2) is 26.6 Å². The van der Waals surface area contributed by atoms with E-state index in [1.54, 1.807) is 30.7 Å². The summed E-state index contributed by atoms with van der Waals surface area (Å²) in [6.07, 6.45) is 5.95. The van der Waals surface area contributed by atoms with Gasteiger partial charge in [-0.1, -0.05) is 6.07 Å². The highest BCUT2D eigenvalue weighted by atomic mass is 16.2. The number of hydrazone groups is 1. The molecule has 0 bridgehead atoms. The number of carbonyl (C=O) groups excluding carboxylic acids is 1. The average molecular weight is 241 g/mol. The van der Waals surface area contributed by atoms with Crippen LogP contribution in [0.25, 0.3) is 0 Å². The number of anilines is 1. The molecular formula is C12H11N5O. The Balaban J connectivity index is 1.81. The first kappa shape index (κ1) is 10.6. The molecule has 0 atom stereocenters. The van der Waals surface area contributed by atoms with E-state index in [9.17, 15) is 4.79 Å². The number of hydrogen-bond donors (Lipinski definition) is 1. The second kappa shape index (κ2) is 4.40. The van der Waals surface area contributed by atoms with E-state index in [1.165, 1.54) is 5.01 Å². The van der Waals surface area contributed by atoms with Crippen LogP contribution in [0.3, 0.4) is 0 Å². The number of H-pyrrole nitrogens is 1. The van der Waals surface area contributed by atoms with Gasteiger partial charge in [-0.3, -0.25) is 4.79 Å². The van der Waals surface area contributed by atoms with Gasteiger partial charge in [-0.05, 0) is 12.1 Å². The van der Waals surface area contributed by atoms with Crippen LogP contribution in [0.15, 0.2) is 41.9 Å². The maximum Gasteiger partial charge on any atom is 0.254 e. The fourth-order valence-corrected chi connectivity index (χ4v) is 1.83. The molecule has 3 rings (SSSR count). The number of aromatic amines is 1. The third-order valence-electron chi connectivity index (χ3n) is 2.63. The standard InChI is InChI=1S/C12H11N5O/c18-12-8-9(7-10-13-5-6-14-10)16-17(12)11-3-1-2-4-15-11/h1-6H,7-8H2,(H,13,14). The highest BCUT2D eigenvalue weighted by molar-refractivity contribution is 6.13. The zero-order valence-corrected chi connectivity index (χ0v) is 9.58. The van der Waals surface area contributed by atoms with Crippen molar-refractivity contribution in [3.05, 3.63) is 42.6 Å². The van der Waals surface area contributed by atoms with E-state index in [1.807, 2.05) is 6.07 Å². The summed E-state index contributed by atoms with van der Waals surface area (Å²) in [6, 6.07) is 5.39. The first-order chi connectivity index (χ1) is 8.83. The minimum Gasteiger partial charge on any atom is -0.348 e. The van der Waals surface area contributed by atoms with Crippen molar-refractivity contribution in [2.75, 3.05) is 5.01 Å². The van der Waals surface area contributed by atoms with E-state index >= 15 is 0 Å². The molecular weight excluding hydrogens is 230 g/mol. The molecule has 0 saturated heterocycles. The molecule has 1 amide bonds. The van der Waals surface area contributed by atoms with Crippen molar-refractivity contribution in [2.24, 2.45) is 5.10 Å². The molecule has 18 heavy (non-hydrogen) atoms. The molecule has 0 unspecified atom stereocenters. The van der Waals surface area contributed by atoms with Crippen LogP contribution in [0.4, 0.5) is 5.82 Å². The zero-order chi connectivity index (χ0) is 12.4. The fraction of sp³-hybridized carbons (Fsp3) is 0.167. The molecule has 0 saturated carbocycles. The smallest absolute Gasteiger partial charge is 0.254 e. The highest BCUT2D eigenvalue weighted by Gasteiger charge is 2.26. The SMILES string of the molecule is O=C1CC(Cc2ncc[nH]2)=NN1c1ccccn1. The van der Waals surface area contributed by atoms with Crippen molar-refractivity contribution >= 4 is 17.4 Å². The van der Waals surface area contributed by atoms with Gasteiger partial charge in [0.05, 0.1) is 12.1 Å². The van der Waals surface area contributed by atoms with Gasteiger partial charge in [0.1, 0.15) is 5.82 Å². The van der Waals surface area contributed by atoms with Gasteiger partial charge >= 0.3 is 0 Å². The van der Waals surface area contributed by atoms with Gasteiger partial charge < -0.3 is 4.98 Å². The van der Waals surface area contributed by atoms with Crippen LogP contribution in [0.5, 0.6) is 0 Å². The van der Waals surface area contributed by atoms with E-state index in [0.717, 1.165) is 11.5 Å². The number of pyridine rings is 1. The monoisotopic (exact) mass is 241 g/mol. The van der Waals surface area contributed by atoms with Crippen LogP contribution < -0.4 is 5.01 Å². The molecule has 1 N–H and O–H groups in total. The molecule has 3 heterocycles. The third-order valence-corrected chi connectivity index (χ3v) is 2.63. The second-order valence-electron chi connectivity index (χ2n) is 3.95. The molecule has 0 aromatic carbocycles. The van der Waals surface area contributed by atoms with Crippen LogP contribution >= 0.6 is 0 Å². The highest BCUT2D eigenvalue weighted by Crippen LogP contribution is 2.18. The minimum atomic E-state index is -0.0599. The molecule has 0 radical (unpaired) electrons. The molecule has 0 aliphatic carbocycles. The van der Waals surface area contributed by atoms with E-state index in [2.05, 4.69) is 20.1 Å². The van der Waals surface area contributed by atoms with Gasteiger partial charge in [-0.2, -0.15) is 10.1 Å². The molecule has 90 valence electrons. The van der Waals surface area contributed by atoms with E-state index in [0.29, 0.717) is 18.7 Å². The van der Waals surface area contributed by atoms with Gasteiger partial charge in [0.25, 0.3) is 5.91 Å². The molecule has 2 aromatic heterocycles. The average Bonchev–Trinajstić information content (AvgIpc) is 3.01. The topological polar surface area (TPSA) is 74.2 Å². The van der Waals surface area contributed by atoms with Crippen molar-refractivity contribution in [1.29, 1.82) is 0 Å². The second-order valence-corrected chi connectivity index (χ2v) is 3.95. The Bertz CT molecular complexity index is 576. The lowest BCUT2D eigenvalue weighted by Crippen LogP contribution is -2.20. The molecule has 1 aliphatic heterocycles. The Labute approximate surface area is 103 Å². The molecule has 0 spiro atoms. The Morgan fingerprint density at radius 1 is 1.28 bits per heavy atom. The number of nitrogens with zero attached hydrogens (tertiary/aromatic N) is 4. The number of imidazole rings is 1. The molecule has 1 aliphatic rings. The first-order valence-corrected chi connectivity index (χ1v) is 5.61. The number of aromatic nitrogens is 3. The van der Waals surface area contributed by atoms with Crippen molar-refractivity contribution in [3.63, 3.8) is 0 Å². The summed E-state index contributed by atoms with van der Waals surface area (Å²) in [4.78, 5) is 23.1. The van der Waals surface area contributed by atoms with Crippen molar-refractivity contribution in [2.45, 2.75) is 12.8 Å². The summed E-state index contributed by atoms with van der Waals surface area (Å²) in [7, 11) is 0. The van der Waals surface area contributed by atoms with Crippen LogP contribution in [0, 0.1) is 0 Å². The minimum absolute atomic E-state index is 0.0599. The van der Waals surface area contributed by atoms with Gasteiger partial charge in [0.15, 0.2) is 5.82 Å². The predicted molar refractivity (Wildman–Crippen MR) is 66.1 cm³/mol. The lowest BCUT2D eigenvalue weighted by Gasteiger charge is -2.08. The number of carbonyl (C=O) groups is 1.